The van der Waals surface area contributed by atoms with Gasteiger partial charge in [-0.2, -0.15) is 8.42 Å². The summed E-state index contributed by atoms with van der Waals surface area (Å²) in [5, 5.41) is 2.86. The number of fused-ring (bicyclic) bond motifs is 1. The largest absolute Gasteiger partial charge is 0.487 e. The lowest BCUT2D eigenvalue weighted by atomic mass is 9.94. The van der Waals surface area contributed by atoms with Gasteiger partial charge in [0.25, 0.3) is 10.0 Å². The van der Waals surface area contributed by atoms with Gasteiger partial charge in [0, 0.05) is 38.0 Å². The summed E-state index contributed by atoms with van der Waals surface area (Å²) in [4.78, 5) is 26.3. The number of nitrogens with one attached hydrogen (secondary N) is 1. The van der Waals surface area contributed by atoms with Gasteiger partial charge in [-0.15, -0.1) is 4.40 Å². The number of unbranched alkanes of at least 4 members (excludes halogenated alkanes) is 1. The number of sulfonamides is 1. The summed E-state index contributed by atoms with van der Waals surface area (Å²) < 4.78 is 41.4. The number of amides is 1. The molecule has 38 heavy (non-hydrogen) atoms. The van der Waals surface area contributed by atoms with Crippen molar-refractivity contribution in [2.75, 3.05) is 26.2 Å². The van der Waals surface area contributed by atoms with Crippen molar-refractivity contribution >= 4 is 27.9 Å². The third-order valence-corrected chi connectivity index (χ3v) is 8.92. The molecule has 0 aliphatic carbocycles. The first kappa shape index (κ1) is 29.7. The van der Waals surface area contributed by atoms with Gasteiger partial charge in [0.2, 0.25) is 11.9 Å². The molecule has 0 saturated carbocycles. The highest BCUT2D eigenvalue weighted by molar-refractivity contribution is 7.90. The Balaban J connectivity index is 1.50. The van der Waals surface area contributed by atoms with Crippen molar-refractivity contribution in [3.63, 3.8) is 0 Å². The Morgan fingerprint density at radius 1 is 1.13 bits per heavy atom. The minimum Gasteiger partial charge on any atom is -0.487 e. The highest BCUT2D eigenvalue weighted by Crippen LogP contribution is 2.44. The number of nitrogens with two attached hydrogens (primary N) is 1. The molecule has 0 bridgehead atoms. The fourth-order valence-corrected chi connectivity index (χ4v) is 6.70. The quantitative estimate of drug-likeness (QED) is 0.207. The Hall–Kier alpha value is -2.82. The predicted molar refractivity (Wildman–Crippen MR) is 146 cm³/mol. The van der Waals surface area contributed by atoms with E-state index in [1.165, 1.54) is 0 Å². The number of nitrogens with zero attached hydrogens (tertiary/aromatic N) is 2. The molecule has 0 atom stereocenters. The third kappa shape index (κ3) is 6.78. The predicted octanol–water partition coefficient (Wildman–Crippen LogP) is 2.89. The normalized spacial score (nSPS) is 17.6. The zero-order valence-electron chi connectivity index (χ0n) is 23.5. The maximum atomic E-state index is 13.2. The lowest BCUT2D eigenvalue weighted by molar-refractivity contribution is -0.151. The van der Waals surface area contributed by atoms with Crippen molar-refractivity contribution in [3.05, 3.63) is 22.3 Å². The van der Waals surface area contributed by atoms with Crippen LogP contribution in [0.15, 0.2) is 9.29 Å². The van der Waals surface area contributed by atoms with E-state index in [2.05, 4.69) is 9.71 Å². The van der Waals surface area contributed by atoms with Crippen molar-refractivity contribution in [2.45, 2.75) is 90.6 Å². The van der Waals surface area contributed by atoms with Crippen LogP contribution in [-0.4, -0.2) is 63.0 Å². The molecular weight excluding hydrogens is 508 g/mol. The number of likely N-dealkylation sites (tertiary alicyclic amines) is 1. The summed E-state index contributed by atoms with van der Waals surface area (Å²) in [5.74, 6) is 0.334. The van der Waals surface area contributed by atoms with Gasteiger partial charge in [0.05, 0.1) is 17.4 Å². The van der Waals surface area contributed by atoms with E-state index < -0.39 is 15.6 Å². The molecule has 11 heteroatoms. The van der Waals surface area contributed by atoms with Crippen LogP contribution in [0.5, 0.6) is 5.75 Å². The molecule has 0 spiro atoms. The fourth-order valence-electron chi connectivity index (χ4n) is 5.24. The number of piperidine rings is 1. The Bertz CT molecular complexity index is 1200. The topological polar surface area (TPSA) is 140 Å². The van der Waals surface area contributed by atoms with Crippen LogP contribution < -0.4 is 15.8 Å². The van der Waals surface area contributed by atoms with Gasteiger partial charge >= 0.3 is 5.97 Å². The van der Waals surface area contributed by atoms with Crippen LogP contribution in [-0.2, 0) is 30.8 Å². The number of hydrogen-bond acceptors (Lipinski definition) is 6. The van der Waals surface area contributed by atoms with E-state index >= 15 is 0 Å². The molecular formula is C27H42N4O6S. The first-order valence-corrected chi connectivity index (χ1v) is 14.8. The van der Waals surface area contributed by atoms with Gasteiger partial charge < -0.3 is 25.4 Å². The summed E-state index contributed by atoms with van der Waals surface area (Å²) in [7, 11) is -4.04. The third-order valence-electron chi connectivity index (χ3n) is 7.36. The highest BCUT2D eigenvalue weighted by Gasteiger charge is 2.36. The average Bonchev–Trinajstić information content (AvgIpc) is 3.18. The van der Waals surface area contributed by atoms with E-state index in [1.807, 2.05) is 20.8 Å². The fraction of sp³-hybridized carbons (Fsp3) is 0.667. The standard InChI is InChI=1S/C27H42N4O6S/c1-7-36-25(33)20-11-14-31(15-12-20)22(32)10-8-9-13-29-26(28)30-38(34,35)24-18(3)17(2)23-21(19(24)4)16-27(5,6)37-23/h20H,7-16H2,1-6H3,(H3,28,29,30). The molecule has 0 aromatic heterocycles. The molecule has 2 aliphatic rings. The SMILES string of the molecule is CCOC(=O)C1CCN(C(=O)CCCCN/C(N)=N/S(=O)(=O)c2c(C)c(C)c3c(c2C)CC(C)(C)O3)CC1. The van der Waals surface area contributed by atoms with Crippen molar-refractivity contribution in [1.29, 1.82) is 0 Å². The molecule has 0 radical (unpaired) electrons. The number of hydrogen-bond donors (Lipinski definition) is 2. The Morgan fingerprint density at radius 2 is 1.79 bits per heavy atom. The van der Waals surface area contributed by atoms with Crippen molar-refractivity contribution in [2.24, 2.45) is 16.0 Å². The summed E-state index contributed by atoms with van der Waals surface area (Å²) >= 11 is 0. The van der Waals surface area contributed by atoms with E-state index in [4.69, 9.17) is 15.2 Å². The molecule has 1 saturated heterocycles. The molecule has 1 amide bonds. The minimum absolute atomic E-state index is 0.0570. The van der Waals surface area contributed by atoms with Crippen LogP contribution in [0.25, 0.3) is 0 Å². The maximum Gasteiger partial charge on any atom is 0.309 e. The molecule has 0 unspecified atom stereocenters. The smallest absolute Gasteiger partial charge is 0.309 e. The van der Waals surface area contributed by atoms with Crippen LogP contribution in [0.3, 0.4) is 0 Å². The molecule has 1 fully saturated rings. The number of carbonyl (C=O) groups is 2. The number of carbonyl (C=O) groups excluding carboxylic acids is 2. The molecule has 2 heterocycles. The van der Waals surface area contributed by atoms with Crippen molar-refractivity contribution < 1.29 is 27.5 Å². The Kier molecular flexibility index (Phi) is 9.33. The zero-order valence-corrected chi connectivity index (χ0v) is 24.3. The first-order chi connectivity index (χ1) is 17.8. The molecule has 10 nitrogen and oxygen atoms in total. The van der Waals surface area contributed by atoms with E-state index in [1.54, 1.807) is 25.7 Å². The Morgan fingerprint density at radius 3 is 2.42 bits per heavy atom. The molecule has 1 aromatic rings. The first-order valence-electron chi connectivity index (χ1n) is 13.4. The van der Waals surface area contributed by atoms with Crippen LogP contribution in [0.2, 0.25) is 0 Å². The molecule has 3 N–H and O–H groups in total. The second kappa shape index (κ2) is 11.9. The minimum atomic E-state index is -4.04. The second-order valence-corrected chi connectivity index (χ2v) is 12.3. The number of rotatable bonds is 9. The van der Waals surface area contributed by atoms with Gasteiger partial charge in [0.1, 0.15) is 11.4 Å². The lowest BCUT2D eigenvalue weighted by Gasteiger charge is -2.31. The van der Waals surface area contributed by atoms with E-state index in [-0.39, 0.29) is 28.6 Å². The van der Waals surface area contributed by atoms with E-state index in [0.29, 0.717) is 75.9 Å². The molecule has 2 aliphatic heterocycles. The lowest BCUT2D eigenvalue weighted by Crippen LogP contribution is -2.40. The maximum absolute atomic E-state index is 13.2. The summed E-state index contributed by atoms with van der Waals surface area (Å²) in [6.07, 6.45) is 3.51. The molecule has 212 valence electrons. The Labute approximate surface area is 226 Å². The number of ether oxygens (including phenoxy) is 2. The highest BCUT2D eigenvalue weighted by atomic mass is 32.2. The molecule has 3 rings (SSSR count). The number of esters is 1. The number of guanidine groups is 1. The number of benzene rings is 1. The van der Waals surface area contributed by atoms with Crippen molar-refractivity contribution in [3.8, 4) is 5.75 Å². The second-order valence-electron chi connectivity index (χ2n) is 10.8. The van der Waals surface area contributed by atoms with E-state index in [0.717, 1.165) is 16.9 Å². The van der Waals surface area contributed by atoms with Crippen LogP contribution >= 0.6 is 0 Å². The van der Waals surface area contributed by atoms with Gasteiger partial charge in [-0.3, -0.25) is 9.59 Å². The van der Waals surface area contributed by atoms with Crippen LogP contribution in [0.1, 0.15) is 75.1 Å². The summed E-state index contributed by atoms with van der Waals surface area (Å²) in [5.41, 5.74) is 8.49. The molecule has 1 aromatic carbocycles. The van der Waals surface area contributed by atoms with Gasteiger partial charge in [-0.05, 0) is 83.9 Å². The van der Waals surface area contributed by atoms with Crippen LogP contribution in [0.4, 0.5) is 0 Å². The van der Waals surface area contributed by atoms with Crippen molar-refractivity contribution in [1.82, 2.24) is 10.2 Å². The summed E-state index contributed by atoms with van der Waals surface area (Å²) in [6, 6.07) is 0. The summed E-state index contributed by atoms with van der Waals surface area (Å²) in [6.45, 7) is 13.1. The monoisotopic (exact) mass is 550 g/mol. The van der Waals surface area contributed by atoms with Crippen LogP contribution in [0, 0.1) is 26.7 Å². The average molecular weight is 551 g/mol. The van der Waals surface area contributed by atoms with E-state index in [9.17, 15) is 18.0 Å². The zero-order chi connectivity index (χ0) is 28.3. The van der Waals surface area contributed by atoms with Gasteiger partial charge in [0.15, 0.2) is 0 Å². The van der Waals surface area contributed by atoms with Gasteiger partial charge in [-0.1, -0.05) is 0 Å². The van der Waals surface area contributed by atoms with Gasteiger partial charge in [-0.25, -0.2) is 0 Å².